The van der Waals surface area contributed by atoms with E-state index in [4.69, 9.17) is 14.0 Å². The number of rotatable bonds is 11. The van der Waals surface area contributed by atoms with E-state index in [-0.39, 0.29) is 6.61 Å². The van der Waals surface area contributed by atoms with E-state index in [0.29, 0.717) is 24.6 Å². The summed E-state index contributed by atoms with van der Waals surface area (Å²) in [6, 6.07) is 30.9. The minimum Gasteiger partial charge on any atom is -0.490 e. The molecule has 1 fully saturated rings. The molecule has 5 rings (SSSR count). The minimum absolute atomic E-state index is 0.227. The van der Waals surface area contributed by atoms with Crippen LogP contribution in [0.2, 0.25) is 0 Å². The summed E-state index contributed by atoms with van der Waals surface area (Å²) in [5.41, 5.74) is 6.96. The molecule has 1 N–H and O–H groups in total. The number of para-hydroxylation sites is 1. The van der Waals surface area contributed by atoms with E-state index in [1.54, 1.807) is 7.11 Å². The number of β-amino-alcohol motifs (C(OH)–C–C–N with tert-alkyl or cyclic N) is 1. The monoisotopic (exact) mass is 536 g/mol. The lowest BCUT2D eigenvalue weighted by atomic mass is 9.88. The average Bonchev–Trinajstić information content (AvgIpc) is 3.45. The van der Waals surface area contributed by atoms with Crippen LogP contribution in [-0.2, 0) is 11.3 Å². The molecule has 40 heavy (non-hydrogen) atoms. The summed E-state index contributed by atoms with van der Waals surface area (Å²) >= 11 is 0. The van der Waals surface area contributed by atoms with Crippen molar-refractivity contribution < 1.29 is 19.1 Å². The summed E-state index contributed by atoms with van der Waals surface area (Å²) in [4.78, 5) is 2.33. The van der Waals surface area contributed by atoms with Gasteiger partial charge in [-0.1, -0.05) is 89.6 Å². The molecule has 206 valence electrons. The van der Waals surface area contributed by atoms with E-state index in [1.165, 1.54) is 22.3 Å². The first-order valence-corrected chi connectivity index (χ1v) is 13.8. The summed E-state index contributed by atoms with van der Waals surface area (Å²) in [6.45, 7) is 3.02. The van der Waals surface area contributed by atoms with Crippen molar-refractivity contribution in [2.75, 3.05) is 33.4 Å². The van der Waals surface area contributed by atoms with E-state index in [9.17, 15) is 5.11 Å². The third kappa shape index (κ3) is 7.36. The predicted octanol–water partition coefficient (Wildman–Crippen LogP) is 6.33. The molecule has 6 nitrogen and oxygen atoms in total. The second-order valence-corrected chi connectivity index (χ2v) is 10.00. The molecule has 4 aromatic rings. The Kier molecular flexibility index (Phi) is 9.59. The fourth-order valence-corrected chi connectivity index (χ4v) is 5.12. The normalized spacial score (nSPS) is 14.9. The van der Waals surface area contributed by atoms with Crippen molar-refractivity contribution in [2.24, 2.45) is 0 Å². The van der Waals surface area contributed by atoms with Gasteiger partial charge in [-0.3, -0.25) is 4.90 Å². The van der Waals surface area contributed by atoms with Crippen LogP contribution in [0.5, 0.6) is 5.75 Å². The number of aromatic nitrogens is 1. The molecule has 1 unspecified atom stereocenters. The average molecular weight is 537 g/mol. The Morgan fingerprint density at radius 1 is 0.925 bits per heavy atom. The largest absolute Gasteiger partial charge is 0.490 e. The van der Waals surface area contributed by atoms with Crippen LogP contribution < -0.4 is 4.74 Å². The Bertz CT molecular complexity index is 1360. The number of ether oxygens (including phenoxy) is 2. The van der Waals surface area contributed by atoms with E-state index < -0.39 is 6.10 Å². The Morgan fingerprint density at radius 3 is 2.25 bits per heavy atom. The van der Waals surface area contributed by atoms with Gasteiger partial charge in [0.05, 0.1) is 0 Å². The van der Waals surface area contributed by atoms with E-state index in [0.717, 1.165) is 37.2 Å². The van der Waals surface area contributed by atoms with Crippen molar-refractivity contribution in [3.05, 3.63) is 125 Å². The van der Waals surface area contributed by atoms with Crippen LogP contribution in [0.3, 0.4) is 0 Å². The molecule has 1 atom stereocenters. The number of likely N-dealkylation sites (tertiary alicyclic amines) is 1. The molecular formula is C34H36N2O4. The zero-order valence-electron chi connectivity index (χ0n) is 22.9. The Hall–Kier alpha value is -3.97. The zero-order valence-corrected chi connectivity index (χ0v) is 22.9. The number of methoxy groups -OCH3 is 1. The van der Waals surface area contributed by atoms with Crippen LogP contribution in [0.25, 0.3) is 17.7 Å². The van der Waals surface area contributed by atoms with Crippen molar-refractivity contribution in [3.63, 3.8) is 0 Å². The maximum atomic E-state index is 10.8. The Balaban J connectivity index is 1.17. The van der Waals surface area contributed by atoms with Gasteiger partial charge in [-0.05, 0) is 47.8 Å². The highest BCUT2D eigenvalue weighted by Crippen LogP contribution is 2.32. The number of piperidine rings is 1. The quantitative estimate of drug-likeness (QED) is 0.242. The van der Waals surface area contributed by atoms with Gasteiger partial charge in [0.1, 0.15) is 30.8 Å². The first-order valence-electron chi connectivity index (χ1n) is 13.8. The molecule has 3 aromatic carbocycles. The van der Waals surface area contributed by atoms with Crippen molar-refractivity contribution in [1.82, 2.24) is 10.1 Å². The molecule has 1 saturated heterocycles. The highest BCUT2D eigenvalue weighted by atomic mass is 16.5. The van der Waals surface area contributed by atoms with Gasteiger partial charge >= 0.3 is 0 Å². The first-order chi connectivity index (χ1) is 19.7. The van der Waals surface area contributed by atoms with Crippen LogP contribution in [0.1, 0.15) is 41.0 Å². The van der Waals surface area contributed by atoms with Crippen molar-refractivity contribution >= 4 is 17.7 Å². The number of hydrogen-bond donors (Lipinski definition) is 1. The molecule has 1 aromatic heterocycles. The van der Waals surface area contributed by atoms with E-state index >= 15 is 0 Å². The molecule has 0 radical (unpaired) electrons. The molecule has 0 saturated carbocycles. The molecule has 0 spiro atoms. The van der Waals surface area contributed by atoms with Crippen LogP contribution in [0, 0.1) is 0 Å². The highest BCUT2D eigenvalue weighted by Gasteiger charge is 2.21. The van der Waals surface area contributed by atoms with Crippen molar-refractivity contribution in [1.29, 1.82) is 0 Å². The lowest BCUT2D eigenvalue weighted by Crippen LogP contribution is -2.39. The molecular weight excluding hydrogens is 500 g/mol. The summed E-state index contributed by atoms with van der Waals surface area (Å²) in [5, 5.41) is 14.9. The van der Waals surface area contributed by atoms with Crippen LogP contribution in [0.15, 0.2) is 101 Å². The summed E-state index contributed by atoms with van der Waals surface area (Å²) in [7, 11) is 1.62. The lowest BCUT2D eigenvalue weighted by molar-refractivity contribution is 0.0655. The van der Waals surface area contributed by atoms with E-state index in [1.807, 2.05) is 42.5 Å². The van der Waals surface area contributed by atoms with Gasteiger partial charge in [-0.25, -0.2) is 0 Å². The molecule has 0 amide bonds. The van der Waals surface area contributed by atoms with Crippen molar-refractivity contribution in [3.8, 4) is 5.75 Å². The number of hydrogen-bond acceptors (Lipinski definition) is 6. The maximum absolute atomic E-state index is 10.8. The highest BCUT2D eigenvalue weighted by molar-refractivity contribution is 5.82. The number of nitrogens with zero attached hydrogens (tertiary/aromatic N) is 2. The van der Waals surface area contributed by atoms with Gasteiger partial charge in [0.15, 0.2) is 5.76 Å². The van der Waals surface area contributed by atoms with Crippen molar-refractivity contribution in [2.45, 2.75) is 25.6 Å². The molecule has 0 bridgehead atoms. The van der Waals surface area contributed by atoms with E-state index in [2.05, 4.69) is 70.7 Å². The standard InChI is InChI=1S/C34H36N2O4/c1-38-25-32-22-30(35-40-32)17-16-26-10-8-9-15-33(26)39-24-31(37)23-36-20-18-29(19-21-36)34(27-11-4-2-5-12-27)28-13-6-3-7-14-28/h2-17,22,31,37H,18-21,23-25H2,1H3. The molecule has 6 heteroatoms. The second-order valence-electron chi connectivity index (χ2n) is 10.00. The van der Waals surface area contributed by atoms with Gasteiger partial charge < -0.3 is 19.1 Å². The van der Waals surface area contributed by atoms with Gasteiger partial charge in [-0.2, -0.15) is 0 Å². The van der Waals surface area contributed by atoms with Crippen LogP contribution in [-0.4, -0.2) is 54.6 Å². The van der Waals surface area contributed by atoms with Gasteiger partial charge in [0.2, 0.25) is 0 Å². The molecule has 1 aliphatic rings. The molecule has 0 aliphatic carbocycles. The first kappa shape index (κ1) is 27.6. The summed E-state index contributed by atoms with van der Waals surface area (Å²) < 4.78 is 16.4. The third-order valence-electron chi connectivity index (χ3n) is 7.05. The number of aliphatic hydroxyl groups is 1. The summed E-state index contributed by atoms with van der Waals surface area (Å²) in [5.74, 6) is 1.39. The predicted molar refractivity (Wildman–Crippen MR) is 159 cm³/mol. The number of aliphatic hydroxyl groups excluding tert-OH is 1. The Labute approximate surface area is 236 Å². The van der Waals surface area contributed by atoms with Crippen LogP contribution >= 0.6 is 0 Å². The van der Waals surface area contributed by atoms with Gasteiger partial charge in [-0.15, -0.1) is 0 Å². The Morgan fingerprint density at radius 2 is 1.57 bits per heavy atom. The third-order valence-corrected chi connectivity index (χ3v) is 7.05. The lowest BCUT2D eigenvalue weighted by Gasteiger charge is -2.31. The topological polar surface area (TPSA) is 68.0 Å². The fourth-order valence-electron chi connectivity index (χ4n) is 5.12. The second kappa shape index (κ2) is 13.9. The van der Waals surface area contributed by atoms with Crippen LogP contribution in [0.4, 0.5) is 0 Å². The van der Waals surface area contributed by atoms with Gasteiger partial charge in [0, 0.05) is 38.4 Å². The number of benzene rings is 3. The fraction of sp³-hybridized carbons (Fsp3) is 0.265. The summed E-state index contributed by atoms with van der Waals surface area (Å²) in [6.07, 6.45) is 5.19. The molecule has 1 aliphatic heterocycles. The van der Waals surface area contributed by atoms with Gasteiger partial charge in [0.25, 0.3) is 0 Å². The SMILES string of the molecule is COCc1cc(C=Cc2ccccc2OCC(O)CN2CCC(=C(c3ccccc3)c3ccccc3)CC2)no1. The zero-order chi connectivity index (χ0) is 27.6. The maximum Gasteiger partial charge on any atom is 0.162 e. The smallest absolute Gasteiger partial charge is 0.162 e. The minimum atomic E-state index is -0.586. The molecule has 2 heterocycles.